The molecule has 6 heteroatoms. The van der Waals surface area contributed by atoms with Crippen LogP contribution < -0.4 is 5.32 Å². The van der Waals surface area contributed by atoms with Crippen LogP contribution >= 0.6 is 0 Å². The van der Waals surface area contributed by atoms with Crippen LogP contribution in [0.25, 0.3) is 0 Å². The normalized spacial score (nSPS) is 13.2. The molecule has 0 aliphatic carbocycles. The van der Waals surface area contributed by atoms with E-state index in [-0.39, 0.29) is 16.8 Å². The highest BCUT2D eigenvalue weighted by Crippen LogP contribution is 2.18. The van der Waals surface area contributed by atoms with Gasteiger partial charge in [-0.25, -0.2) is 17.1 Å². The number of benzene rings is 2. The van der Waals surface area contributed by atoms with Gasteiger partial charge in [0.05, 0.1) is 4.90 Å². The van der Waals surface area contributed by atoms with E-state index in [1.165, 1.54) is 24.5 Å². The molecule has 2 rings (SSSR count). The molecule has 0 saturated heterocycles. The fourth-order valence-electron chi connectivity index (χ4n) is 2.38. The third kappa shape index (κ3) is 4.41. The monoisotopic (exact) mass is 350 g/mol. The van der Waals surface area contributed by atoms with Gasteiger partial charge in [-0.2, -0.15) is 0 Å². The van der Waals surface area contributed by atoms with Gasteiger partial charge in [-0.1, -0.05) is 30.3 Å². The summed E-state index contributed by atoms with van der Waals surface area (Å²) in [5.41, 5.74) is 1.67. The van der Waals surface area contributed by atoms with E-state index in [0.717, 1.165) is 5.56 Å². The molecule has 0 aliphatic rings. The van der Waals surface area contributed by atoms with Crippen molar-refractivity contribution in [3.8, 4) is 0 Å². The Morgan fingerprint density at radius 1 is 1.08 bits per heavy atom. The largest absolute Gasteiger partial charge is 0.310 e. The van der Waals surface area contributed by atoms with Crippen LogP contribution in [0.3, 0.4) is 0 Å². The van der Waals surface area contributed by atoms with Crippen molar-refractivity contribution < 1.29 is 12.8 Å². The molecule has 0 amide bonds. The van der Waals surface area contributed by atoms with Crippen LogP contribution in [0.4, 0.5) is 4.39 Å². The molecule has 24 heavy (non-hydrogen) atoms. The Hall–Kier alpha value is -1.76. The minimum absolute atomic E-state index is 0.0490. The van der Waals surface area contributed by atoms with E-state index in [2.05, 4.69) is 5.32 Å². The number of halogens is 1. The van der Waals surface area contributed by atoms with Gasteiger partial charge in [0.1, 0.15) is 5.82 Å². The van der Waals surface area contributed by atoms with Gasteiger partial charge < -0.3 is 5.32 Å². The summed E-state index contributed by atoms with van der Waals surface area (Å²) in [7, 11) is -0.386. The Labute approximate surface area is 143 Å². The summed E-state index contributed by atoms with van der Waals surface area (Å²) in [5.74, 6) is -0.190. The van der Waals surface area contributed by atoms with Crippen LogP contribution in [0.2, 0.25) is 0 Å². The maximum absolute atomic E-state index is 13.6. The van der Waals surface area contributed by atoms with E-state index in [4.69, 9.17) is 0 Å². The zero-order valence-corrected chi connectivity index (χ0v) is 15.0. The van der Waals surface area contributed by atoms with E-state index in [0.29, 0.717) is 18.5 Å². The van der Waals surface area contributed by atoms with Crippen molar-refractivity contribution >= 4 is 10.0 Å². The van der Waals surface area contributed by atoms with Gasteiger partial charge >= 0.3 is 0 Å². The quantitative estimate of drug-likeness (QED) is 0.835. The molecule has 2 aromatic carbocycles. The second-order valence-electron chi connectivity index (χ2n) is 5.87. The van der Waals surface area contributed by atoms with Crippen molar-refractivity contribution in [2.45, 2.75) is 24.3 Å². The van der Waals surface area contributed by atoms with Gasteiger partial charge in [0.25, 0.3) is 0 Å². The molecule has 1 unspecified atom stereocenters. The number of hydrogen-bond donors (Lipinski definition) is 1. The molecule has 0 heterocycles. The maximum Gasteiger partial charge on any atom is 0.242 e. The molecule has 0 aliphatic heterocycles. The van der Waals surface area contributed by atoms with Gasteiger partial charge in [0, 0.05) is 20.1 Å². The first-order valence-electron chi connectivity index (χ1n) is 7.81. The minimum atomic E-state index is -3.41. The van der Waals surface area contributed by atoms with E-state index in [9.17, 15) is 12.8 Å². The highest BCUT2D eigenvalue weighted by Gasteiger charge is 2.17. The van der Waals surface area contributed by atoms with Crippen LogP contribution in [-0.2, 0) is 16.4 Å². The number of sulfonamides is 1. The van der Waals surface area contributed by atoms with Crippen molar-refractivity contribution in [3.05, 3.63) is 65.5 Å². The summed E-state index contributed by atoms with van der Waals surface area (Å²) in [5, 5.41) is 3.33. The summed E-state index contributed by atoms with van der Waals surface area (Å²) >= 11 is 0. The maximum atomic E-state index is 13.6. The van der Waals surface area contributed by atoms with E-state index < -0.39 is 10.0 Å². The fraction of sp³-hybridized carbons (Fsp3) is 0.333. The van der Waals surface area contributed by atoms with E-state index in [1.807, 2.05) is 13.0 Å². The van der Waals surface area contributed by atoms with Crippen LogP contribution in [-0.4, -0.2) is 33.4 Å². The lowest BCUT2D eigenvalue weighted by Gasteiger charge is -2.16. The molecule has 0 fully saturated rings. The van der Waals surface area contributed by atoms with Crippen LogP contribution in [0, 0.1) is 5.82 Å². The second kappa shape index (κ2) is 7.88. The Kier molecular flexibility index (Phi) is 6.10. The van der Waals surface area contributed by atoms with Crippen molar-refractivity contribution in [1.82, 2.24) is 9.62 Å². The second-order valence-corrected chi connectivity index (χ2v) is 8.03. The SMILES string of the molecule is CC(NCCc1ccccc1F)c1ccc(S(=O)(=O)N(C)C)cc1. The molecule has 0 aromatic heterocycles. The van der Waals surface area contributed by atoms with Crippen molar-refractivity contribution in [1.29, 1.82) is 0 Å². The molecular weight excluding hydrogens is 327 g/mol. The lowest BCUT2D eigenvalue weighted by Crippen LogP contribution is -2.23. The Bertz CT molecular complexity index is 774. The summed E-state index contributed by atoms with van der Waals surface area (Å²) in [4.78, 5) is 0.273. The van der Waals surface area contributed by atoms with E-state index >= 15 is 0 Å². The van der Waals surface area contributed by atoms with Gasteiger partial charge in [0.2, 0.25) is 10.0 Å². The minimum Gasteiger partial charge on any atom is -0.310 e. The molecule has 1 atom stereocenters. The average molecular weight is 350 g/mol. The summed E-state index contributed by atoms with van der Waals surface area (Å²) < 4.78 is 38.9. The van der Waals surface area contributed by atoms with Crippen LogP contribution in [0.15, 0.2) is 53.4 Å². The first-order chi connectivity index (χ1) is 11.3. The third-order valence-corrected chi connectivity index (χ3v) is 5.79. The molecular formula is C18H23FN2O2S. The standard InChI is InChI=1S/C18H23FN2O2S/c1-14(20-13-12-16-6-4-5-7-18(16)19)15-8-10-17(11-9-15)24(22,23)21(2)3/h4-11,14,20H,12-13H2,1-3H3. The number of nitrogens with zero attached hydrogens (tertiary/aromatic N) is 1. The molecule has 2 aromatic rings. The first kappa shape index (κ1) is 18.6. The van der Waals surface area contributed by atoms with Gasteiger partial charge in [-0.15, -0.1) is 0 Å². The van der Waals surface area contributed by atoms with Gasteiger partial charge in [-0.3, -0.25) is 0 Å². The Balaban J connectivity index is 1.96. The third-order valence-electron chi connectivity index (χ3n) is 3.96. The van der Waals surface area contributed by atoms with Crippen LogP contribution in [0.1, 0.15) is 24.1 Å². The molecule has 0 bridgehead atoms. The molecule has 4 nitrogen and oxygen atoms in total. The summed E-state index contributed by atoms with van der Waals surface area (Å²) in [6, 6.07) is 13.6. The predicted molar refractivity (Wildman–Crippen MR) is 93.8 cm³/mol. The zero-order chi connectivity index (χ0) is 17.7. The zero-order valence-electron chi connectivity index (χ0n) is 14.2. The van der Waals surface area contributed by atoms with Crippen molar-refractivity contribution in [2.75, 3.05) is 20.6 Å². The highest BCUT2D eigenvalue weighted by molar-refractivity contribution is 7.89. The summed E-state index contributed by atoms with van der Waals surface area (Å²) in [6.45, 7) is 2.64. The lowest BCUT2D eigenvalue weighted by atomic mass is 10.1. The van der Waals surface area contributed by atoms with Crippen LogP contribution in [0.5, 0.6) is 0 Å². The topological polar surface area (TPSA) is 49.4 Å². The molecule has 1 N–H and O–H groups in total. The summed E-state index contributed by atoms with van der Waals surface area (Å²) in [6.07, 6.45) is 0.601. The molecule has 0 saturated carbocycles. The van der Waals surface area contributed by atoms with Crippen molar-refractivity contribution in [2.24, 2.45) is 0 Å². The Morgan fingerprint density at radius 3 is 2.29 bits per heavy atom. The fourth-order valence-corrected chi connectivity index (χ4v) is 3.28. The smallest absolute Gasteiger partial charge is 0.242 e. The number of nitrogens with one attached hydrogen (secondary N) is 1. The number of hydrogen-bond acceptors (Lipinski definition) is 3. The predicted octanol–water partition coefficient (Wildman–Crippen LogP) is 2.97. The first-order valence-corrected chi connectivity index (χ1v) is 9.25. The van der Waals surface area contributed by atoms with E-state index in [1.54, 1.807) is 36.4 Å². The highest BCUT2D eigenvalue weighted by atomic mass is 32.2. The average Bonchev–Trinajstić information content (AvgIpc) is 2.56. The Morgan fingerprint density at radius 2 is 1.71 bits per heavy atom. The lowest BCUT2D eigenvalue weighted by molar-refractivity contribution is 0.520. The molecule has 0 radical (unpaired) electrons. The van der Waals surface area contributed by atoms with Gasteiger partial charge in [0.15, 0.2) is 0 Å². The number of rotatable bonds is 7. The molecule has 130 valence electrons. The molecule has 0 spiro atoms. The van der Waals surface area contributed by atoms with Gasteiger partial charge in [-0.05, 0) is 49.2 Å². The van der Waals surface area contributed by atoms with Crippen molar-refractivity contribution in [3.63, 3.8) is 0 Å².